The predicted molar refractivity (Wildman–Crippen MR) is 61.5 cm³/mol. The fourth-order valence-corrected chi connectivity index (χ4v) is 1.23. The van der Waals surface area contributed by atoms with Gasteiger partial charge in [0.1, 0.15) is 5.60 Å². The predicted octanol–water partition coefficient (Wildman–Crippen LogP) is 2.72. The summed E-state index contributed by atoms with van der Waals surface area (Å²) in [6.07, 6.45) is 2.42. The molecule has 0 bridgehead atoms. The van der Waals surface area contributed by atoms with Crippen LogP contribution >= 0.6 is 0 Å². The van der Waals surface area contributed by atoms with Gasteiger partial charge in [-0.1, -0.05) is 13.3 Å². The van der Waals surface area contributed by atoms with E-state index >= 15 is 0 Å². The van der Waals surface area contributed by atoms with Crippen molar-refractivity contribution in [1.29, 1.82) is 5.41 Å². The third-order valence-corrected chi connectivity index (χ3v) is 1.87. The van der Waals surface area contributed by atoms with E-state index in [0.717, 1.165) is 12.8 Å². The van der Waals surface area contributed by atoms with E-state index in [-0.39, 0.29) is 0 Å². The minimum Gasteiger partial charge on any atom is -0.444 e. The van der Waals surface area contributed by atoms with E-state index in [0.29, 0.717) is 0 Å². The second-order valence-electron chi connectivity index (χ2n) is 4.94. The van der Waals surface area contributed by atoms with Crippen LogP contribution in [0, 0.1) is 5.41 Å². The van der Waals surface area contributed by atoms with Gasteiger partial charge < -0.3 is 15.5 Å². The number of hydrogen-bond donors (Lipinski definition) is 2. The van der Waals surface area contributed by atoms with Crippen molar-refractivity contribution in [1.82, 2.24) is 5.32 Å². The fourth-order valence-electron chi connectivity index (χ4n) is 1.23. The Hall–Kier alpha value is -1.06. The number of amides is 1. The molecule has 4 nitrogen and oxygen atoms in total. The van der Waals surface area contributed by atoms with Crippen LogP contribution in [0.15, 0.2) is 0 Å². The van der Waals surface area contributed by atoms with E-state index in [4.69, 9.17) is 10.1 Å². The van der Waals surface area contributed by atoms with Crippen molar-refractivity contribution >= 4 is 12.3 Å². The number of hydrogen-bond acceptors (Lipinski definition) is 3. The molecule has 0 aromatic rings. The number of carbonyl (C=O) groups is 1. The first-order chi connectivity index (χ1) is 6.72. The normalized spacial score (nSPS) is 15.3. The first-order valence-electron chi connectivity index (χ1n) is 5.25. The van der Waals surface area contributed by atoms with Gasteiger partial charge in [-0.05, 0) is 34.1 Å². The van der Waals surface area contributed by atoms with Crippen LogP contribution in [-0.4, -0.2) is 23.4 Å². The van der Waals surface area contributed by atoms with E-state index < -0.39 is 17.2 Å². The summed E-state index contributed by atoms with van der Waals surface area (Å²) in [6.45, 7) is 9.27. The lowest BCUT2D eigenvalue weighted by Crippen LogP contribution is -2.48. The van der Waals surface area contributed by atoms with E-state index in [2.05, 4.69) is 5.32 Å². The molecule has 1 atom stereocenters. The molecule has 88 valence electrons. The Balaban J connectivity index is 4.31. The van der Waals surface area contributed by atoms with Crippen molar-refractivity contribution in [3.05, 3.63) is 0 Å². The maximum absolute atomic E-state index is 11.5. The lowest BCUT2D eigenvalue weighted by Gasteiger charge is -2.28. The maximum atomic E-state index is 11.5. The van der Waals surface area contributed by atoms with Crippen LogP contribution in [0.2, 0.25) is 0 Å². The summed E-state index contributed by atoms with van der Waals surface area (Å²) in [5, 5.41) is 9.99. The smallest absolute Gasteiger partial charge is 0.408 e. The number of rotatable bonds is 4. The quantitative estimate of drug-likeness (QED) is 0.707. The van der Waals surface area contributed by atoms with Gasteiger partial charge in [-0.2, -0.15) is 0 Å². The van der Waals surface area contributed by atoms with Crippen LogP contribution in [0.1, 0.15) is 47.5 Å². The molecular formula is C11H22N2O2. The molecule has 0 spiro atoms. The molecule has 0 aromatic carbocycles. The molecule has 0 saturated heterocycles. The van der Waals surface area contributed by atoms with Crippen molar-refractivity contribution in [2.24, 2.45) is 0 Å². The number of alkyl carbamates (subject to hydrolysis) is 1. The largest absolute Gasteiger partial charge is 0.444 e. The number of ether oxygens (including phenoxy) is 1. The summed E-state index contributed by atoms with van der Waals surface area (Å²) in [4.78, 5) is 11.5. The molecular weight excluding hydrogens is 192 g/mol. The molecule has 0 saturated carbocycles. The topological polar surface area (TPSA) is 62.2 Å². The number of nitrogens with one attached hydrogen (secondary N) is 2. The summed E-state index contributed by atoms with van der Waals surface area (Å²) >= 11 is 0. The molecule has 0 fully saturated rings. The second-order valence-corrected chi connectivity index (χ2v) is 4.94. The van der Waals surface area contributed by atoms with E-state index in [1.165, 1.54) is 6.21 Å². The molecule has 0 radical (unpaired) electrons. The summed E-state index contributed by atoms with van der Waals surface area (Å²) in [5.41, 5.74) is -1.10. The Morgan fingerprint density at radius 2 is 1.93 bits per heavy atom. The van der Waals surface area contributed by atoms with Crippen LogP contribution in [0.5, 0.6) is 0 Å². The highest BCUT2D eigenvalue weighted by Crippen LogP contribution is 2.12. The van der Waals surface area contributed by atoms with E-state index in [9.17, 15) is 4.79 Å². The lowest BCUT2D eigenvalue weighted by molar-refractivity contribution is 0.0489. The number of carbonyl (C=O) groups excluding carboxylic acids is 1. The van der Waals surface area contributed by atoms with Crippen LogP contribution in [0.4, 0.5) is 4.79 Å². The third kappa shape index (κ3) is 6.10. The lowest BCUT2D eigenvalue weighted by atomic mass is 9.98. The van der Waals surface area contributed by atoms with Crippen molar-refractivity contribution in [2.45, 2.75) is 58.6 Å². The van der Waals surface area contributed by atoms with Gasteiger partial charge in [0, 0.05) is 6.21 Å². The van der Waals surface area contributed by atoms with Crippen LogP contribution < -0.4 is 5.32 Å². The van der Waals surface area contributed by atoms with Crippen molar-refractivity contribution < 1.29 is 9.53 Å². The molecule has 2 N–H and O–H groups in total. The minimum atomic E-state index is -0.600. The Labute approximate surface area is 91.9 Å². The minimum absolute atomic E-state index is 0.470. The molecule has 0 aliphatic heterocycles. The zero-order valence-corrected chi connectivity index (χ0v) is 10.3. The first kappa shape index (κ1) is 13.9. The Morgan fingerprint density at radius 3 is 2.27 bits per heavy atom. The Kier molecular flexibility index (Phi) is 4.78. The van der Waals surface area contributed by atoms with Gasteiger partial charge in [0.05, 0.1) is 5.54 Å². The summed E-state index contributed by atoms with van der Waals surface area (Å²) in [7, 11) is 0. The SMILES string of the molecule is CCCC(C)(C=N)NC(=O)OC(C)(C)C. The summed E-state index contributed by atoms with van der Waals surface area (Å²) in [6, 6.07) is 0. The molecule has 0 rings (SSSR count). The van der Waals surface area contributed by atoms with Crippen LogP contribution in [0.3, 0.4) is 0 Å². The van der Waals surface area contributed by atoms with Gasteiger partial charge in [0.15, 0.2) is 0 Å². The Bertz CT molecular complexity index is 233. The monoisotopic (exact) mass is 214 g/mol. The van der Waals surface area contributed by atoms with Gasteiger partial charge in [-0.3, -0.25) is 0 Å². The zero-order valence-electron chi connectivity index (χ0n) is 10.3. The molecule has 4 heteroatoms. The van der Waals surface area contributed by atoms with Gasteiger partial charge >= 0.3 is 6.09 Å². The molecule has 1 amide bonds. The molecule has 0 aromatic heterocycles. The van der Waals surface area contributed by atoms with Crippen molar-refractivity contribution in [3.8, 4) is 0 Å². The van der Waals surface area contributed by atoms with Gasteiger partial charge in [-0.15, -0.1) is 0 Å². The van der Waals surface area contributed by atoms with Gasteiger partial charge in [-0.25, -0.2) is 4.79 Å². The second kappa shape index (κ2) is 5.14. The van der Waals surface area contributed by atoms with Crippen molar-refractivity contribution in [2.75, 3.05) is 0 Å². The molecule has 0 aliphatic carbocycles. The Morgan fingerprint density at radius 1 is 1.40 bits per heavy atom. The summed E-state index contributed by atoms with van der Waals surface area (Å²) < 4.78 is 5.13. The first-order valence-corrected chi connectivity index (χ1v) is 5.25. The third-order valence-electron chi connectivity index (χ3n) is 1.87. The maximum Gasteiger partial charge on any atom is 0.408 e. The summed E-state index contributed by atoms with van der Waals surface area (Å²) in [5.74, 6) is 0. The standard InChI is InChI=1S/C11H22N2O2/c1-6-7-11(5,8-12)13-9(14)15-10(2,3)4/h8,12H,6-7H2,1-5H3,(H,13,14). The molecule has 15 heavy (non-hydrogen) atoms. The van der Waals surface area contributed by atoms with Gasteiger partial charge in [0.25, 0.3) is 0 Å². The highest BCUT2D eigenvalue weighted by molar-refractivity contribution is 5.77. The zero-order chi connectivity index (χ0) is 12.1. The highest BCUT2D eigenvalue weighted by atomic mass is 16.6. The molecule has 0 aliphatic rings. The van der Waals surface area contributed by atoms with Crippen LogP contribution in [0.25, 0.3) is 0 Å². The van der Waals surface area contributed by atoms with Gasteiger partial charge in [0.2, 0.25) is 0 Å². The highest BCUT2D eigenvalue weighted by Gasteiger charge is 2.25. The fraction of sp³-hybridized carbons (Fsp3) is 0.818. The average Bonchev–Trinajstić information content (AvgIpc) is 2.00. The molecule has 1 unspecified atom stereocenters. The average molecular weight is 214 g/mol. The molecule has 0 heterocycles. The van der Waals surface area contributed by atoms with Crippen LogP contribution in [-0.2, 0) is 4.74 Å². The van der Waals surface area contributed by atoms with E-state index in [1.54, 1.807) is 0 Å². The van der Waals surface area contributed by atoms with Crippen molar-refractivity contribution in [3.63, 3.8) is 0 Å². The van der Waals surface area contributed by atoms with E-state index in [1.807, 2.05) is 34.6 Å².